The van der Waals surface area contributed by atoms with Gasteiger partial charge >= 0.3 is 158 Å². The molecule has 52 valence electrons. The van der Waals surface area contributed by atoms with Crippen LogP contribution in [0.4, 0.5) is 0 Å². The molecule has 0 aromatic heterocycles. The fourth-order valence-corrected chi connectivity index (χ4v) is 0.732. The van der Waals surface area contributed by atoms with Gasteiger partial charge in [0.25, 0.3) is 0 Å². The van der Waals surface area contributed by atoms with E-state index in [4.69, 9.17) is 5.11 Å². The monoisotopic (exact) mass is 226 g/mol. The van der Waals surface area contributed by atoms with Crippen LogP contribution in [0.15, 0.2) is 0 Å². The van der Waals surface area contributed by atoms with Gasteiger partial charge in [-0.05, 0) is 0 Å². The number of hydrogen-bond donors (Lipinski definition) is 1. The maximum absolute atomic E-state index is 9.98. The quantitative estimate of drug-likeness (QED) is 0.289. The first-order chi connectivity index (χ1) is 4.12. The van der Waals surface area contributed by atoms with E-state index in [1.165, 1.54) is 0 Å². The van der Waals surface area contributed by atoms with E-state index in [2.05, 4.69) is 5.75 Å². The average molecular weight is 226 g/mol. The molecule has 0 aromatic rings. The zero-order valence-corrected chi connectivity index (χ0v) is 14.8. The van der Waals surface area contributed by atoms with Gasteiger partial charge in [-0.15, -0.1) is 0 Å². The van der Waals surface area contributed by atoms with Crippen molar-refractivity contribution in [2.45, 2.75) is 0 Å². The van der Waals surface area contributed by atoms with Crippen molar-refractivity contribution in [2.24, 2.45) is 0 Å². The van der Waals surface area contributed by atoms with Crippen LogP contribution in [0.25, 0.3) is 0 Å². The molecule has 0 rings (SSSR count). The molecular formula is C5H11K2NO2P+3. The maximum Gasteiger partial charge on any atom is 1.00 e. The first-order valence-electron chi connectivity index (χ1n) is 2.66. The molecule has 0 aliphatic rings. The van der Waals surface area contributed by atoms with E-state index in [0.717, 1.165) is 0 Å². The predicted octanol–water partition coefficient (Wildman–Crippen LogP) is -5.73. The van der Waals surface area contributed by atoms with Crippen molar-refractivity contribution < 1.29 is 117 Å². The summed E-state index contributed by atoms with van der Waals surface area (Å²) >= 11 is 0. The molecule has 0 amide bonds. The van der Waals surface area contributed by atoms with Crippen molar-refractivity contribution >= 4 is 7.92 Å². The SMILES string of the molecule is C[N+](C)(C#P=O)CCO.[K+].[K+]. The Labute approximate surface area is 154 Å². The molecular weight excluding hydrogens is 215 g/mol. The average Bonchev–Trinajstić information content (AvgIpc) is 1.64. The van der Waals surface area contributed by atoms with Gasteiger partial charge < -0.3 is 0 Å². The van der Waals surface area contributed by atoms with Gasteiger partial charge in [0.1, 0.15) is 0 Å². The van der Waals surface area contributed by atoms with Gasteiger partial charge in [-0.25, -0.2) is 0 Å². The maximum atomic E-state index is 9.98. The molecule has 3 nitrogen and oxygen atoms in total. The standard InChI is InChI=1S/C5H11NO2P.2K/c1-6(2,3-4-7)5-9-8;;/h7H,3-4H2,1-2H3;;/q3*+1. The summed E-state index contributed by atoms with van der Waals surface area (Å²) < 4.78 is 10.3. The first-order valence-corrected chi connectivity index (χ1v) is 3.47. The predicted molar refractivity (Wildman–Crippen MR) is 35.6 cm³/mol. The van der Waals surface area contributed by atoms with Gasteiger partial charge in [0.2, 0.25) is 0 Å². The summed E-state index contributed by atoms with van der Waals surface area (Å²) in [5.74, 6) is 2.62. The van der Waals surface area contributed by atoms with Crippen LogP contribution in [0.1, 0.15) is 0 Å². The van der Waals surface area contributed by atoms with Crippen LogP contribution < -0.4 is 103 Å². The van der Waals surface area contributed by atoms with Crippen molar-refractivity contribution in [1.82, 2.24) is 0 Å². The van der Waals surface area contributed by atoms with Gasteiger partial charge in [-0.2, -0.15) is 0 Å². The van der Waals surface area contributed by atoms with E-state index >= 15 is 0 Å². The van der Waals surface area contributed by atoms with Crippen molar-refractivity contribution in [3.05, 3.63) is 0 Å². The summed E-state index contributed by atoms with van der Waals surface area (Å²) in [6.07, 6.45) is 0. The van der Waals surface area contributed by atoms with Crippen LogP contribution >= 0.6 is 7.92 Å². The molecule has 0 aliphatic heterocycles. The minimum Gasteiger partial charge on any atom is 1.00 e. The second kappa shape index (κ2) is 11.3. The van der Waals surface area contributed by atoms with Gasteiger partial charge in [-0.3, -0.25) is 0 Å². The summed E-state index contributed by atoms with van der Waals surface area (Å²) in [7, 11) is 3.54. The number of nitrogens with zero attached hydrogens (tertiary/aromatic N) is 1. The van der Waals surface area contributed by atoms with Crippen molar-refractivity contribution in [1.29, 1.82) is 0 Å². The fraction of sp³-hybridized carbons (Fsp3) is 0.800. The van der Waals surface area contributed by atoms with Crippen LogP contribution in [-0.4, -0.2) is 36.8 Å². The molecule has 0 heterocycles. The van der Waals surface area contributed by atoms with Crippen LogP contribution in [-0.2, 0) is 4.57 Å². The molecule has 0 aromatic carbocycles. The minimum atomic E-state index is -0.105. The third kappa shape index (κ3) is 13.2. The minimum absolute atomic E-state index is 0. The van der Waals surface area contributed by atoms with Crippen molar-refractivity contribution in [3.8, 4) is 5.75 Å². The summed E-state index contributed by atoms with van der Waals surface area (Å²) in [6, 6.07) is 0. The number of rotatable bonds is 2. The number of aliphatic hydroxyl groups is 1. The first kappa shape index (κ1) is 19.7. The molecule has 0 bridgehead atoms. The van der Waals surface area contributed by atoms with E-state index in [1.54, 1.807) is 0 Å². The smallest absolute Gasteiger partial charge is 1.00 e. The van der Waals surface area contributed by atoms with E-state index in [9.17, 15) is 4.57 Å². The van der Waals surface area contributed by atoms with Crippen molar-refractivity contribution in [3.63, 3.8) is 0 Å². The van der Waals surface area contributed by atoms with E-state index in [0.29, 0.717) is 11.0 Å². The molecule has 0 atom stereocenters. The Kier molecular flexibility index (Phi) is 20.2. The molecule has 0 spiro atoms. The molecule has 11 heavy (non-hydrogen) atoms. The number of hydrogen-bond acceptors (Lipinski definition) is 2. The summed E-state index contributed by atoms with van der Waals surface area (Å²) in [6.45, 7) is 0.644. The molecule has 0 radical (unpaired) electrons. The van der Waals surface area contributed by atoms with Gasteiger partial charge in [0.05, 0.1) is 0 Å². The van der Waals surface area contributed by atoms with Crippen LogP contribution in [0, 0.1) is 5.75 Å². The van der Waals surface area contributed by atoms with Crippen LogP contribution in [0.2, 0.25) is 0 Å². The molecule has 0 saturated carbocycles. The normalized spacial score (nSPS) is 8.64. The number of aliphatic hydroxyl groups excluding tert-OH is 1. The zero-order chi connectivity index (χ0) is 7.33. The van der Waals surface area contributed by atoms with Gasteiger partial charge in [-0.1, -0.05) is 0 Å². The Hall–Kier alpha value is 3.20. The molecule has 0 saturated heterocycles. The molecule has 0 fully saturated rings. The Balaban J connectivity index is -0.000000320. The molecule has 6 heteroatoms. The van der Waals surface area contributed by atoms with Gasteiger partial charge in [0.15, 0.2) is 0 Å². The van der Waals surface area contributed by atoms with Gasteiger partial charge in [0, 0.05) is 0 Å². The van der Waals surface area contributed by atoms with Crippen LogP contribution in [0.3, 0.4) is 0 Å². The fourth-order valence-electron chi connectivity index (χ4n) is 0.411. The third-order valence-electron chi connectivity index (χ3n) is 0.971. The molecule has 1 N–H and O–H groups in total. The largest absolute Gasteiger partial charge is 1.00 e. The Morgan fingerprint density at radius 3 is 2.18 bits per heavy atom. The Bertz CT molecular complexity index is 178. The second-order valence-electron chi connectivity index (χ2n) is 2.32. The zero-order valence-electron chi connectivity index (χ0n) is 7.66. The van der Waals surface area contributed by atoms with E-state index < -0.39 is 0 Å². The van der Waals surface area contributed by atoms with Crippen molar-refractivity contribution in [2.75, 3.05) is 27.2 Å². The van der Waals surface area contributed by atoms with Crippen LogP contribution in [0.5, 0.6) is 0 Å². The van der Waals surface area contributed by atoms with E-state index in [1.807, 2.05) is 14.1 Å². The topological polar surface area (TPSA) is 37.3 Å². The number of quaternary nitrogens is 1. The van der Waals surface area contributed by atoms with E-state index in [-0.39, 0.29) is 117 Å². The molecule has 0 aliphatic carbocycles. The summed E-state index contributed by atoms with van der Waals surface area (Å²) in [5.41, 5.74) is 0. The Morgan fingerprint density at radius 1 is 1.45 bits per heavy atom. The molecule has 0 unspecified atom stereocenters. The number of likely N-dealkylation sites (N-methyl/N-ethyl adjacent to an activating group) is 1. The second-order valence-corrected chi connectivity index (χ2v) is 2.71. The summed E-state index contributed by atoms with van der Waals surface area (Å²) in [5, 5.41) is 8.47. The third-order valence-corrected chi connectivity index (χ3v) is 1.59. The Morgan fingerprint density at radius 2 is 1.91 bits per heavy atom. The summed E-state index contributed by atoms with van der Waals surface area (Å²) in [4.78, 5) is 0.